The van der Waals surface area contributed by atoms with Crippen LogP contribution in [0, 0.1) is 6.92 Å². The van der Waals surface area contributed by atoms with Crippen LogP contribution in [0.3, 0.4) is 0 Å². The first-order valence-corrected chi connectivity index (χ1v) is 11.7. The molecule has 0 fully saturated rings. The predicted octanol–water partition coefficient (Wildman–Crippen LogP) is 4.95. The lowest BCUT2D eigenvalue weighted by atomic mass is 9.98. The number of hydrogen-bond donors (Lipinski definition) is 1. The zero-order chi connectivity index (χ0) is 22.4. The molecular weight excluding hydrogens is 408 g/mol. The largest absolute Gasteiger partial charge is 0.324 e. The molecule has 1 amide bonds. The first-order valence-electron chi connectivity index (χ1n) is 10.3. The quantitative estimate of drug-likeness (QED) is 0.543. The van der Waals surface area contributed by atoms with Crippen LogP contribution in [0.25, 0.3) is 0 Å². The Kier molecular flexibility index (Phi) is 7.25. The number of carbonyl (C=O) groups is 1. The van der Waals surface area contributed by atoms with Gasteiger partial charge in [-0.05, 0) is 41.7 Å². The Hall–Kier alpha value is -2.96. The minimum absolute atomic E-state index is 0.107. The number of para-hydroxylation sites is 1. The van der Waals surface area contributed by atoms with Crippen molar-refractivity contribution in [3.63, 3.8) is 0 Å². The van der Waals surface area contributed by atoms with Crippen molar-refractivity contribution in [3.8, 4) is 0 Å². The number of sulfonamides is 1. The van der Waals surface area contributed by atoms with Crippen LogP contribution < -0.4 is 5.32 Å². The maximum Gasteiger partial charge on any atom is 0.243 e. The van der Waals surface area contributed by atoms with E-state index >= 15 is 0 Å². The molecule has 0 aliphatic rings. The first kappa shape index (κ1) is 22.7. The molecule has 3 aromatic rings. The summed E-state index contributed by atoms with van der Waals surface area (Å²) in [5.41, 5.74) is 3.53. The molecule has 162 valence electrons. The SMILES string of the molecule is Cc1cccc(C(C)C)c1NC(=O)CN(Cc1ccccc1)S(=O)(=O)c1ccccc1. The van der Waals surface area contributed by atoms with Crippen molar-refractivity contribution in [2.24, 2.45) is 0 Å². The van der Waals surface area contributed by atoms with Crippen LogP contribution in [0.15, 0.2) is 83.8 Å². The monoisotopic (exact) mass is 436 g/mol. The van der Waals surface area contributed by atoms with Crippen molar-refractivity contribution in [2.75, 3.05) is 11.9 Å². The highest BCUT2D eigenvalue weighted by atomic mass is 32.2. The molecule has 3 rings (SSSR count). The number of hydrogen-bond acceptors (Lipinski definition) is 3. The average Bonchev–Trinajstić information content (AvgIpc) is 2.76. The molecule has 3 aromatic carbocycles. The maximum absolute atomic E-state index is 13.3. The van der Waals surface area contributed by atoms with E-state index in [9.17, 15) is 13.2 Å². The van der Waals surface area contributed by atoms with Crippen LogP contribution >= 0.6 is 0 Å². The third-order valence-corrected chi connectivity index (χ3v) is 6.90. The van der Waals surface area contributed by atoms with Crippen LogP contribution in [0.5, 0.6) is 0 Å². The molecule has 0 radical (unpaired) electrons. The van der Waals surface area contributed by atoms with Gasteiger partial charge in [0.15, 0.2) is 0 Å². The minimum Gasteiger partial charge on any atom is -0.324 e. The van der Waals surface area contributed by atoms with Gasteiger partial charge in [-0.15, -0.1) is 0 Å². The summed E-state index contributed by atoms with van der Waals surface area (Å²) >= 11 is 0. The number of carbonyl (C=O) groups excluding carboxylic acids is 1. The van der Waals surface area contributed by atoms with Crippen molar-refractivity contribution in [1.82, 2.24) is 4.31 Å². The number of anilines is 1. The van der Waals surface area contributed by atoms with Gasteiger partial charge in [-0.1, -0.05) is 80.6 Å². The Labute approximate surface area is 184 Å². The van der Waals surface area contributed by atoms with Crippen molar-refractivity contribution in [1.29, 1.82) is 0 Å². The summed E-state index contributed by atoms with van der Waals surface area (Å²) in [6.45, 7) is 5.89. The van der Waals surface area contributed by atoms with Crippen molar-refractivity contribution < 1.29 is 13.2 Å². The minimum atomic E-state index is -3.85. The van der Waals surface area contributed by atoms with Gasteiger partial charge >= 0.3 is 0 Å². The number of aryl methyl sites for hydroxylation is 1. The molecular formula is C25H28N2O3S. The summed E-state index contributed by atoms with van der Waals surface area (Å²) in [5.74, 6) is -0.143. The Morgan fingerprint density at radius 2 is 1.52 bits per heavy atom. The summed E-state index contributed by atoms with van der Waals surface area (Å²) in [4.78, 5) is 13.2. The van der Waals surface area contributed by atoms with E-state index < -0.39 is 10.0 Å². The smallest absolute Gasteiger partial charge is 0.243 e. The molecule has 0 bridgehead atoms. The second kappa shape index (κ2) is 9.90. The Bertz CT molecular complexity index is 1130. The summed E-state index contributed by atoms with van der Waals surface area (Å²) in [7, 11) is -3.85. The second-order valence-corrected chi connectivity index (χ2v) is 9.75. The second-order valence-electron chi connectivity index (χ2n) is 7.81. The van der Waals surface area contributed by atoms with E-state index in [1.54, 1.807) is 30.3 Å². The van der Waals surface area contributed by atoms with E-state index in [2.05, 4.69) is 19.2 Å². The molecule has 0 aromatic heterocycles. The zero-order valence-corrected chi connectivity index (χ0v) is 18.9. The number of nitrogens with one attached hydrogen (secondary N) is 1. The number of rotatable bonds is 8. The molecule has 0 aliphatic carbocycles. The molecule has 1 N–H and O–H groups in total. The fourth-order valence-corrected chi connectivity index (χ4v) is 4.84. The van der Waals surface area contributed by atoms with Gasteiger partial charge < -0.3 is 5.32 Å². The molecule has 0 saturated heterocycles. The topological polar surface area (TPSA) is 66.5 Å². The Balaban J connectivity index is 1.90. The molecule has 0 unspecified atom stereocenters. The van der Waals surface area contributed by atoms with Gasteiger partial charge in [0.25, 0.3) is 0 Å². The van der Waals surface area contributed by atoms with Crippen LogP contribution in [0.1, 0.15) is 36.5 Å². The van der Waals surface area contributed by atoms with Crippen LogP contribution in [-0.2, 0) is 21.4 Å². The van der Waals surface area contributed by atoms with Gasteiger partial charge in [-0.2, -0.15) is 4.31 Å². The molecule has 0 atom stereocenters. The highest BCUT2D eigenvalue weighted by Gasteiger charge is 2.27. The molecule has 0 saturated carbocycles. The van der Waals surface area contributed by atoms with Crippen molar-refractivity contribution >= 4 is 21.6 Å². The summed E-state index contributed by atoms with van der Waals surface area (Å²) in [6.07, 6.45) is 0. The average molecular weight is 437 g/mol. The van der Waals surface area contributed by atoms with E-state index in [0.29, 0.717) is 0 Å². The summed E-state index contributed by atoms with van der Waals surface area (Å²) in [5, 5.41) is 2.95. The van der Waals surface area contributed by atoms with Gasteiger partial charge in [-0.25, -0.2) is 8.42 Å². The summed E-state index contributed by atoms with van der Waals surface area (Å²) < 4.78 is 27.8. The Morgan fingerprint density at radius 3 is 2.13 bits per heavy atom. The third-order valence-electron chi connectivity index (χ3n) is 5.09. The molecule has 0 spiro atoms. The lowest BCUT2D eigenvalue weighted by Crippen LogP contribution is -2.37. The van der Waals surface area contributed by atoms with E-state index in [1.165, 1.54) is 4.31 Å². The lowest BCUT2D eigenvalue weighted by molar-refractivity contribution is -0.116. The zero-order valence-electron chi connectivity index (χ0n) is 18.1. The predicted molar refractivity (Wildman–Crippen MR) is 124 cm³/mol. The maximum atomic E-state index is 13.3. The molecule has 6 heteroatoms. The van der Waals surface area contributed by atoms with Crippen LogP contribution in [-0.4, -0.2) is 25.2 Å². The molecule has 31 heavy (non-hydrogen) atoms. The molecule has 5 nitrogen and oxygen atoms in total. The van der Waals surface area contributed by atoms with Crippen LogP contribution in [0.2, 0.25) is 0 Å². The highest BCUT2D eigenvalue weighted by Crippen LogP contribution is 2.27. The Morgan fingerprint density at radius 1 is 0.903 bits per heavy atom. The third kappa shape index (κ3) is 5.60. The van der Waals surface area contributed by atoms with Gasteiger partial charge in [0, 0.05) is 12.2 Å². The first-order chi connectivity index (χ1) is 14.8. The van der Waals surface area contributed by atoms with Crippen molar-refractivity contribution in [3.05, 3.63) is 95.6 Å². The van der Waals surface area contributed by atoms with Gasteiger partial charge in [0.1, 0.15) is 0 Å². The standard InChI is InChI=1S/C25H28N2O3S/c1-19(2)23-16-10-11-20(3)25(23)26-24(28)18-27(17-21-12-6-4-7-13-21)31(29,30)22-14-8-5-9-15-22/h4-16,19H,17-18H2,1-3H3,(H,26,28). The lowest BCUT2D eigenvalue weighted by Gasteiger charge is -2.23. The molecule has 0 heterocycles. The number of nitrogens with zero attached hydrogens (tertiary/aromatic N) is 1. The number of benzene rings is 3. The van der Waals surface area contributed by atoms with E-state index in [0.717, 1.165) is 22.4 Å². The number of amides is 1. The van der Waals surface area contributed by atoms with Crippen LogP contribution in [0.4, 0.5) is 5.69 Å². The van der Waals surface area contributed by atoms with Gasteiger partial charge in [0.05, 0.1) is 11.4 Å². The fourth-order valence-electron chi connectivity index (χ4n) is 3.44. The molecule has 0 aliphatic heterocycles. The normalized spacial score (nSPS) is 11.6. The van der Waals surface area contributed by atoms with E-state index in [-0.39, 0.29) is 29.8 Å². The van der Waals surface area contributed by atoms with E-state index in [4.69, 9.17) is 0 Å². The van der Waals surface area contributed by atoms with Gasteiger partial charge in [0.2, 0.25) is 15.9 Å². The van der Waals surface area contributed by atoms with Gasteiger partial charge in [-0.3, -0.25) is 4.79 Å². The van der Waals surface area contributed by atoms with E-state index in [1.807, 2.05) is 55.5 Å². The van der Waals surface area contributed by atoms with Crippen molar-refractivity contribution in [2.45, 2.75) is 38.1 Å². The summed E-state index contributed by atoms with van der Waals surface area (Å²) in [6, 6.07) is 23.4. The fraction of sp³-hybridized carbons (Fsp3) is 0.240. The highest BCUT2D eigenvalue weighted by molar-refractivity contribution is 7.89.